The molecule has 0 N–H and O–H groups in total. The van der Waals surface area contributed by atoms with E-state index in [1.54, 1.807) is 19.1 Å². The quantitative estimate of drug-likeness (QED) is 0.416. The van der Waals surface area contributed by atoms with Crippen molar-refractivity contribution in [2.75, 3.05) is 6.61 Å². The molecular formula is C15H21NO5S. The van der Waals surface area contributed by atoms with Crippen molar-refractivity contribution >= 4 is 21.8 Å². The van der Waals surface area contributed by atoms with Crippen molar-refractivity contribution in [1.29, 1.82) is 0 Å². The van der Waals surface area contributed by atoms with Crippen molar-refractivity contribution in [3.63, 3.8) is 0 Å². The smallest absolute Gasteiger partial charge is 0.358 e. The van der Waals surface area contributed by atoms with Gasteiger partial charge < -0.3 is 4.74 Å². The molecule has 6 nitrogen and oxygen atoms in total. The van der Waals surface area contributed by atoms with Gasteiger partial charge in [0.05, 0.1) is 6.61 Å². The van der Waals surface area contributed by atoms with Gasteiger partial charge in [-0.2, -0.15) is 8.42 Å². The number of unbranched alkanes of at least 4 members (excludes halogenated alkanes) is 1. The molecule has 22 heavy (non-hydrogen) atoms. The van der Waals surface area contributed by atoms with Crippen LogP contribution in [0, 0.1) is 6.92 Å². The fourth-order valence-electron chi connectivity index (χ4n) is 1.59. The zero-order valence-corrected chi connectivity index (χ0v) is 13.9. The lowest BCUT2D eigenvalue weighted by Gasteiger charge is -2.06. The molecule has 0 radical (unpaired) electrons. The Morgan fingerprint density at radius 2 is 1.82 bits per heavy atom. The van der Waals surface area contributed by atoms with E-state index in [4.69, 9.17) is 4.74 Å². The molecule has 1 aromatic carbocycles. The van der Waals surface area contributed by atoms with Crippen LogP contribution in [0.3, 0.4) is 0 Å². The number of carbonyl (C=O) groups is 1. The maximum atomic E-state index is 12.0. The van der Waals surface area contributed by atoms with E-state index >= 15 is 0 Å². The van der Waals surface area contributed by atoms with Crippen LogP contribution in [0.1, 0.15) is 38.7 Å². The first kappa shape index (κ1) is 18.2. The normalized spacial score (nSPS) is 12.0. The maximum absolute atomic E-state index is 12.0. The van der Waals surface area contributed by atoms with Gasteiger partial charge in [-0.15, -0.1) is 0 Å². The molecule has 122 valence electrons. The minimum absolute atomic E-state index is 0.0134. The topological polar surface area (TPSA) is 82.0 Å². The van der Waals surface area contributed by atoms with Gasteiger partial charge in [-0.3, -0.25) is 4.28 Å². The number of aryl methyl sites for hydroxylation is 1. The molecule has 0 fully saturated rings. The Morgan fingerprint density at radius 1 is 1.18 bits per heavy atom. The minimum atomic E-state index is -4.04. The molecule has 0 bridgehead atoms. The van der Waals surface area contributed by atoms with E-state index in [0.717, 1.165) is 12.0 Å². The van der Waals surface area contributed by atoms with Crippen LogP contribution in [0.5, 0.6) is 0 Å². The number of benzene rings is 1. The van der Waals surface area contributed by atoms with Crippen molar-refractivity contribution in [2.45, 2.75) is 44.9 Å². The standard InChI is InChI=1S/C15H21NO5S/c1-4-6-7-14(15(17)20-5-2)16-21-22(18,19)13-10-8-12(3)9-11-13/h8-11H,4-7H2,1-3H3. The lowest BCUT2D eigenvalue weighted by atomic mass is 10.2. The Kier molecular flexibility index (Phi) is 7.04. The van der Waals surface area contributed by atoms with Crippen LogP contribution in [-0.2, 0) is 23.9 Å². The number of rotatable bonds is 8. The van der Waals surface area contributed by atoms with E-state index in [-0.39, 0.29) is 17.2 Å². The summed E-state index contributed by atoms with van der Waals surface area (Å²) in [6.07, 6.45) is 1.83. The summed E-state index contributed by atoms with van der Waals surface area (Å²) in [5, 5.41) is 3.50. The zero-order chi connectivity index (χ0) is 16.6. The third kappa shape index (κ3) is 5.48. The van der Waals surface area contributed by atoms with E-state index in [1.807, 2.05) is 13.8 Å². The van der Waals surface area contributed by atoms with Crippen molar-refractivity contribution < 1.29 is 22.2 Å². The molecule has 0 spiro atoms. The molecule has 1 rings (SSSR count). The molecule has 0 aromatic heterocycles. The van der Waals surface area contributed by atoms with Crippen molar-refractivity contribution in [1.82, 2.24) is 0 Å². The SMILES string of the molecule is CCCCC(=NOS(=O)(=O)c1ccc(C)cc1)C(=O)OCC. The Labute approximate surface area is 131 Å². The Morgan fingerprint density at radius 3 is 2.36 bits per heavy atom. The molecule has 0 heterocycles. The predicted molar refractivity (Wildman–Crippen MR) is 83.0 cm³/mol. The van der Waals surface area contributed by atoms with Crippen LogP contribution in [0.4, 0.5) is 0 Å². The Bertz CT molecular complexity index is 620. The monoisotopic (exact) mass is 327 g/mol. The number of carbonyl (C=O) groups excluding carboxylic acids is 1. The summed E-state index contributed by atoms with van der Waals surface area (Å²) >= 11 is 0. The van der Waals surface area contributed by atoms with Crippen LogP contribution in [-0.4, -0.2) is 26.7 Å². The van der Waals surface area contributed by atoms with Gasteiger partial charge >= 0.3 is 16.1 Å². The molecule has 0 aliphatic rings. The predicted octanol–water partition coefficient (Wildman–Crippen LogP) is 2.81. The molecule has 0 atom stereocenters. The fraction of sp³-hybridized carbons (Fsp3) is 0.467. The van der Waals surface area contributed by atoms with Crippen LogP contribution < -0.4 is 0 Å². The number of hydrogen-bond acceptors (Lipinski definition) is 6. The van der Waals surface area contributed by atoms with Crippen LogP contribution in [0.25, 0.3) is 0 Å². The Hall–Kier alpha value is -1.89. The first-order valence-electron chi connectivity index (χ1n) is 7.15. The highest BCUT2D eigenvalue weighted by molar-refractivity contribution is 7.86. The largest absolute Gasteiger partial charge is 0.461 e. The number of hydrogen-bond donors (Lipinski definition) is 0. The summed E-state index contributed by atoms with van der Waals surface area (Å²) in [4.78, 5) is 11.7. The van der Waals surface area contributed by atoms with Crippen molar-refractivity contribution in [3.05, 3.63) is 29.8 Å². The van der Waals surface area contributed by atoms with Crippen LogP contribution >= 0.6 is 0 Å². The lowest BCUT2D eigenvalue weighted by Crippen LogP contribution is -2.19. The van der Waals surface area contributed by atoms with Gasteiger partial charge in [-0.05, 0) is 32.4 Å². The fourth-order valence-corrected chi connectivity index (χ4v) is 2.33. The van der Waals surface area contributed by atoms with Gasteiger partial charge in [0.15, 0.2) is 5.71 Å². The van der Waals surface area contributed by atoms with Gasteiger partial charge in [0.1, 0.15) is 4.90 Å². The van der Waals surface area contributed by atoms with Gasteiger partial charge in [0.25, 0.3) is 0 Å². The molecule has 1 aromatic rings. The second kappa shape index (κ2) is 8.53. The summed E-state index contributed by atoms with van der Waals surface area (Å²) in [7, 11) is -4.04. The molecule has 7 heteroatoms. The highest BCUT2D eigenvalue weighted by Gasteiger charge is 2.19. The second-order valence-electron chi connectivity index (χ2n) is 4.70. The van der Waals surface area contributed by atoms with Crippen LogP contribution in [0.15, 0.2) is 34.3 Å². The van der Waals surface area contributed by atoms with E-state index in [1.165, 1.54) is 12.1 Å². The van der Waals surface area contributed by atoms with E-state index in [2.05, 4.69) is 9.44 Å². The molecule has 0 aliphatic carbocycles. The molecule has 0 unspecified atom stereocenters. The van der Waals surface area contributed by atoms with Gasteiger partial charge in [-0.1, -0.05) is 36.2 Å². The maximum Gasteiger partial charge on any atom is 0.358 e. The summed E-state index contributed by atoms with van der Waals surface area (Å²) in [6.45, 7) is 5.65. The zero-order valence-electron chi connectivity index (χ0n) is 13.0. The van der Waals surface area contributed by atoms with Crippen LogP contribution in [0.2, 0.25) is 0 Å². The lowest BCUT2D eigenvalue weighted by molar-refractivity contribution is -0.135. The first-order chi connectivity index (χ1) is 10.4. The number of ether oxygens (including phenoxy) is 1. The molecule has 0 saturated carbocycles. The second-order valence-corrected chi connectivity index (χ2v) is 6.23. The number of oxime groups is 1. The van der Waals surface area contributed by atoms with Gasteiger partial charge in [0.2, 0.25) is 0 Å². The molecule has 0 saturated heterocycles. The first-order valence-corrected chi connectivity index (χ1v) is 8.55. The van der Waals surface area contributed by atoms with Crippen molar-refractivity contribution in [3.8, 4) is 0 Å². The average Bonchev–Trinajstić information content (AvgIpc) is 2.48. The molecule has 0 aliphatic heterocycles. The van der Waals surface area contributed by atoms with E-state index in [9.17, 15) is 13.2 Å². The molecule has 0 amide bonds. The summed E-state index contributed by atoms with van der Waals surface area (Å²) < 4.78 is 33.5. The Balaban J connectivity index is 2.91. The number of nitrogens with zero attached hydrogens (tertiary/aromatic N) is 1. The summed E-state index contributed by atoms with van der Waals surface area (Å²) in [5.74, 6) is -0.657. The third-order valence-corrected chi connectivity index (χ3v) is 3.95. The minimum Gasteiger partial charge on any atom is -0.461 e. The summed E-state index contributed by atoms with van der Waals surface area (Å²) in [5.41, 5.74) is 0.900. The van der Waals surface area contributed by atoms with E-state index < -0.39 is 16.1 Å². The van der Waals surface area contributed by atoms with E-state index in [0.29, 0.717) is 12.8 Å². The highest BCUT2D eigenvalue weighted by atomic mass is 32.2. The highest BCUT2D eigenvalue weighted by Crippen LogP contribution is 2.14. The molecular weight excluding hydrogens is 306 g/mol. The van der Waals surface area contributed by atoms with Gasteiger partial charge in [-0.25, -0.2) is 4.79 Å². The average molecular weight is 327 g/mol. The number of esters is 1. The van der Waals surface area contributed by atoms with Gasteiger partial charge in [0, 0.05) is 6.42 Å². The summed E-state index contributed by atoms with van der Waals surface area (Å²) in [6, 6.07) is 6.17. The van der Waals surface area contributed by atoms with Crippen molar-refractivity contribution in [2.24, 2.45) is 5.16 Å². The third-order valence-electron chi connectivity index (χ3n) is 2.83.